The highest BCUT2D eigenvalue weighted by Gasteiger charge is 2.16. The molecule has 0 aliphatic carbocycles. The summed E-state index contributed by atoms with van der Waals surface area (Å²) < 4.78 is 21.9. The molecule has 1 amide bonds. The quantitative estimate of drug-likeness (QED) is 0.728. The van der Waals surface area contributed by atoms with Crippen molar-refractivity contribution in [1.29, 1.82) is 0 Å². The van der Waals surface area contributed by atoms with E-state index in [2.05, 4.69) is 15.3 Å². The van der Waals surface area contributed by atoms with E-state index in [4.69, 9.17) is 17.3 Å². The summed E-state index contributed by atoms with van der Waals surface area (Å²) >= 11 is 5.62. The number of nitrogens with two attached hydrogens (primary N) is 1. The van der Waals surface area contributed by atoms with Gasteiger partial charge in [0.15, 0.2) is 0 Å². The van der Waals surface area contributed by atoms with Crippen LogP contribution in [0.4, 0.5) is 5.82 Å². The van der Waals surface area contributed by atoms with Crippen LogP contribution in [0.2, 0.25) is 5.15 Å². The van der Waals surface area contributed by atoms with E-state index in [9.17, 15) is 13.2 Å². The van der Waals surface area contributed by atoms with Gasteiger partial charge in [-0.3, -0.25) is 4.79 Å². The summed E-state index contributed by atoms with van der Waals surface area (Å²) in [7, 11) is -3.14. The molecule has 1 aromatic heterocycles. The van der Waals surface area contributed by atoms with Crippen LogP contribution in [0.15, 0.2) is 12.4 Å². The van der Waals surface area contributed by atoms with Crippen LogP contribution in [0.25, 0.3) is 0 Å². The first-order valence-corrected chi connectivity index (χ1v) is 7.43. The molecule has 0 aromatic carbocycles. The Labute approximate surface area is 110 Å². The predicted molar refractivity (Wildman–Crippen MR) is 68.0 cm³/mol. The fourth-order valence-electron chi connectivity index (χ4n) is 1.09. The third kappa shape index (κ3) is 5.39. The third-order valence-corrected chi connectivity index (χ3v) is 3.21. The van der Waals surface area contributed by atoms with Crippen LogP contribution in [0.5, 0.6) is 0 Å². The molecule has 0 bridgehead atoms. The highest BCUT2D eigenvalue weighted by Crippen LogP contribution is 2.09. The first kappa shape index (κ1) is 14.8. The first-order chi connectivity index (χ1) is 8.28. The van der Waals surface area contributed by atoms with Gasteiger partial charge in [0.2, 0.25) is 5.91 Å². The van der Waals surface area contributed by atoms with Crippen LogP contribution in [-0.4, -0.2) is 42.3 Å². The van der Waals surface area contributed by atoms with Crippen molar-refractivity contribution >= 4 is 33.2 Å². The molecule has 0 spiro atoms. The number of hydrogen-bond donors (Lipinski definition) is 2. The molecule has 0 fully saturated rings. The van der Waals surface area contributed by atoms with Gasteiger partial charge in [0.1, 0.15) is 27.1 Å². The average molecular weight is 293 g/mol. The van der Waals surface area contributed by atoms with Gasteiger partial charge in [-0.05, 0) is 6.42 Å². The predicted octanol–water partition coefficient (Wildman–Crippen LogP) is -0.169. The number of carbonyl (C=O) groups excluding carboxylic acids is 1. The second-order valence-electron chi connectivity index (χ2n) is 3.74. The summed E-state index contributed by atoms with van der Waals surface area (Å²) in [6, 6.07) is 0.441. The molecule has 1 atom stereocenters. The van der Waals surface area contributed by atoms with Crippen molar-refractivity contribution in [2.75, 3.05) is 17.3 Å². The van der Waals surface area contributed by atoms with Crippen LogP contribution in [0.3, 0.4) is 0 Å². The molecule has 0 saturated carbocycles. The summed E-state index contributed by atoms with van der Waals surface area (Å²) in [5, 5.41) is 2.61. The molecular formula is C9H13ClN4O3S. The molecule has 0 aliphatic rings. The van der Waals surface area contributed by atoms with Gasteiger partial charge in [-0.15, -0.1) is 0 Å². The van der Waals surface area contributed by atoms with E-state index in [0.717, 1.165) is 6.26 Å². The smallest absolute Gasteiger partial charge is 0.242 e. The zero-order chi connectivity index (χ0) is 13.8. The second-order valence-corrected chi connectivity index (χ2v) is 6.39. The Morgan fingerprint density at radius 2 is 2.22 bits per heavy atom. The van der Waals surface area contributed by atoms with Crippen LogP contribution in [0, 0.1) is 0 Å². The molecule has 1 rings (SSSR count). The van der Waals surface area contributed by atoms with Crippen LogP contribution < -0.4 is 11.1 Å². The van der Waals surface area contributed by atoms with E-state index in [1.807, 2.05) is 0 Å². The number of nitrogens with zero attached hydrogens (tertiary/aromatic N) is 2. The van der Waals surface area contributed by atoms with Gasteiger partial charge in [0.05, 0.1) is 11.8 Å². The van der Waals surface area contributed by atoms with E-state index >= 15 is 0 Å². The Morgan fingerprint density at radius 3 is 2.78 bits per heavy atom. The van der Waals surface area contributed by atoms with Crippen LogP contribution >= 0.6 is 11.6 Å². The van der Waals surface area contributed by atoms with Crippen molar-refractivity contribution in [3.63, 3.8) is 0 Å². The molecule has 1 unspecified atom stereocenters. The van der Waals surface area contributed by atoms with Gasteiger partial charge >= 0.3 is 0 Å². The number of nitrogens with one attached hydrogen (secondary N) is 1. The SMILES string of the molecule is CS(=O)(=O)CCC(N)C(=O)Nc1cc(Cl)ncn1. The molecular weight excluding hydrogens is 280 g/mol. The summed E-state index contributed by atoms with van der Waals surface area (Å²) in [5.74, 6) is -0.449. The van der Waals surface area contributed by atoms with E-state index in [0.29, 0.717) is 0 Å². The topological polar surface area (TPSA) is 115 Å². The molecule has 3 N–H and O–H groups in total. The van der Waals surface area contributed by atoms with Crippen molar-refractivity contribution in [2.45, 2.75) is 12.5 Å². The van der Waals surface area contributed by atoms with Gasteiger partial charge < -0.3 is 11.1 Å². The van der Waals surface area contributed by atoms with Gasteiger partial charge in [0.25, 0.3) is 0 Å². The molecule has 9 heteroatoms. The zero-order valence-electron chi connectivity index (χ0n) is 9.63. The minimum atomic E-state index is -3.14. The molecule has 1 aromatic rings. The third-order valence-electron chi connectivity index (χ3n) is 2.02. The molecule has 0 radical (unpaired) electrons. The number of halogens is 1. The summed E-state index contributed by atoms with van der Waals surface area (Å²) in [6.07, 6.45) is 2.32. The van der Waals surface area contributed by atoms with E-state index in [1.54, 1.807) is 0 Å². The lowest BCUT2D eigenvalue weighted by Gasteiger charge is -2.10. The number of anilines is 1. The lowest BCUT2D eigenvalue weighted by Crippen LogP contribution is -2.37. The van der Waals surface area contributed by atoms with Crippen LogP contribution in [0.1, 0.15) is 6.42 Å². The van der Waals surface area contributed by atoms with Gasteiger partial charge in [-0.2, -0.15) is 0 Å². The number of aromatic nitrogens is 2. The maximum atomic E-state index is 11.6. The summed E-state index contributed by atoms with van der Waals surface area (Å²) in [6.45, 7) is 0. The minimum absolute atomic E-state index is 0.0451. The maximum absolute atomic E-state index is 11.6. The Balaban J connectivity index is 2.55. The molecule has 100 valence electrons. The Morgan fingerprint density at radius 1 is 1.56 bits per heavy atom. The zero-order valence-corrected chi connectivity index (χ0v) is 11.2. The fraction of sp³-hybridized carbons (Fsp3) is 0.444. The second kappa shape index (κ2) is 6.07. The van der Waals surface area contributed by atoms with E-state index < -0.39 is 21.8 Å². The van der Waals surface area contributed by atoms with E-state index in [1.165, 1.54) is 12.4 Å². The Hall–Kier alpha value is -1.25. The normalized spacial score (nSPS) is 13.1. The van der Waals surface area contributed by atoms with Crippen molar-refractivity contribution in [2.24, 2.45) is 5.73 Å². The lowest BCUT2D eigenvalue weighted by atomic mass is 10.2. The molecule has 1 heterocycles. The van der Waals surface area contributed by atoms with Crippen molar-refractivity contribution in [3.8, 4) is 0 Å². The standard InChI is InChI=1S/C9H13ClN4O3S/c1-18(16,17)3-2-6(11)9(15)14-8-4-7(10)12-5-13-8/h4-6H,2-3,11H2,1H3,(H,12,13,14,15). The maximum Gasteiger partial charge on any atom is 0.242 e. The number of carbonyl (C=O) groups is 1. The minimum Gasteiger partial charge on any atom is -0.320 e. The van der Waals surface area contributed by atoms with Gasteiger partial charge in [0, 0.05) is 12.3 Å². The van der Waals surface area contributed by atoms with E-state index in [-0.39, 0.29) is 23.1 Å². The number of amides is 1. The monoisotopic (exact) mass is 292 g/mol. The number of rotatable bonds is 5. The number of hydrogen-bond acceptors (Lipinski definition) is 6. The largest absolute Gasteiger partial charge is 0.320 e. The Kier molecular flexibility index (Phi) is 5.00. The molecule has 7 nitrogen and oxygen atoms in total. The average Bonchev–Trinajstić information content (AvgIpc) is 2.24. The van der Waals surface area contributed by atoms with Crippen LogP contribution in [-0.2, 0) is 14.6 Å². The summed E-state index contributed by atoms with van der Waals surface area (Å²) in [4.78, 5) is 19.0. The van der Waals surface area contributed by atoms with Gasteiger partial charge in [-0.25, -0.2) is 18.4 Å². The molecule has 18 heavy (non-hydrogen) atoms. The fourth-order valence-corrected chi connectivity index (χ4v) is 1.92. The lowest BCUT2D eigenvalue weighted by molar-refractivity contribution is -0.117. The van der Waals surface area contributed by atoms with Crippen molar-refractivity contribution < 1.29 is 13.2 Å². The summed E-state index contributed by atoms with van der Waals surface area (Å²) in [5.41, 5.74) is 5.56. The molecule has 0 saturated heterocycles. The van der Waals surface area contributed by atoms with Crippen molar-refractivity contribution in [3.05, 3.63) is 17.5 Å². The highest BCUT2D eigenvalue weighted by atomic mass is 35.5. The highest BCUT2D eigenvalue weighted by molar-refractivity contribution is 7.90. The molecule has 0 aliphatic heterocycles. The van der Waals surface area contributed by atoms with Gasteiger partial charge in [-0.1, -0.05) is 11.6 Å². The Bertz CT molecular complexity index is 534. The number of sulfone groups is 1. The van der Waals surface area contributed by atoms with Crippen molar-refractivity contribution in [1.82, 2.24) is 9.97 Å². The first-order valence-electron chi connectivity index (χ1n) is 4.99.